The minimum atomic E-state index is 0.157. The van der Waals surface area contributed by atoms with Crippen LogP contribution >= 0.6 is 0 Å². The van der Waals surface area contributed by atoms with E-state index in [-0.39, 0.29) is 5.84 Å². The van der Waals surface area contributed by atoms with Crippen LogP contribution in [0.1, 0.15) is 37.5 Å². The minimum absolute atomic E-state index is 0.157. The molecule has 0 spiro atoms. The first-order chi connectivity index (χ1) is 8.97. The van der Waals surface area contributed by atoms with Crippen LogP contribution < -0.4 is 5.73 Å². The summed E-state index contributed by atoms with van der Waals surface area (Å²) in [5.74, 6) is 0.820. The van der Waals surface area contributed by atoms with Gasteiger partial charge >= 0.3 is 0 Å². The molecule has 0 saturated heterocycles. The highest BCUT2D eigenvalue weighted by molar-refractivity contribution is 5.97. The Morgan fingerprint density at radius 3 is 2.58 bits per heavy atom. The maximum atomic E-state index is 8.69. The predicted octanol–water partition coefficient (Wildman–Crippen LogP) is 2.57. The summed E-state index contributed by atoms with van der Waals surface area (Å²) in [6.45, 7) is 11.8. The lowest BCUT2D eigenvalue weighted by atomic mass is 10.0. The van der Waals surface area contributed by atoms with Gasteiger partial charge in [-0.3, -0.25) is 4.90 Å². The molecule has 0 aliphatic heterocycles. The lowest BCUT2D eigenvalue weighted by Crippen LogP contribution is -2.27. The second-order valence-electron chi connectivity index (χ2n) is 5.35. The van der Waals surface area contributed by atoms with E-state index < -0.39 is 0 Å². The molecular formula is C15H25N3O. The first-order valence-electron chi connectivity index (χ1n) is 6.77. The highest BCUT2D eigenvalue weighted by Crippen LogP contribution is 2.14. The second kappa shape index (κ2) is 7.14. The highest BCUT2D eigenvalue weighted by Gasteiger charge is 2.09. The molecule has 0 aliphatic rings. The number of aryl methyl sites for hydroxylation is 1. The number of nitrogens with zero attached hydrogens (tertiary/aromatic N) is 2. The minimum Gasteiger partial charge on any atom is -0.409 e. The lowest BCUT2D eigenvalue weighted by molar-refractivity contribution is 0.248. The van der Waals surface area contributed by atoms with Gasteiger partial charge in [0.1, 0.15) is 0 Å². The molecule has 0 atom stereocenters. The third kappa shape index (κ3) is 4.56. The van der Waals surface area contributed by atoms with Crippen LogP contribution in [0, 0.1) is 12.8 Å². The maximum absolute atomic E-state index is 8.69. The van der Waals surface area contributed by atoms with Crippen molar-refractivity contribution in [1.82, 2.24) is 4.90 Å². The standard InChI is InChI=1S/C15H25N3O/c1-5-18(9-11(2)3)10-14-7-6-13(8-12(14)4)15(16)17-19/h6-8,11,19H,5,9-10H2,1-4H3,(H2,16,17). The van der Waals surface area contributed by atoms with Gasteiger partial charge in [-0.05, 0) is 36.6 Å². The van der Waals surface area contributed by atoms with E-state index in [2.05, 4.69) is 43.8 Å². The number of benzene rings is 1. The second-order valence-corrected chi connectivity index (χ2v) is 5.35. The summed E-state index contributed by atoms with van der Waals surface area (Å²) in [6.07, 6.45) is 0. The predicted molar refractivity (Wildman–Crippen MR) is 79.5 cm³/mol. The van der Waals surface area contributed by atoms with Crippen molar-refractivity contribution in [1.29, 1.82) is 0 Å². The fourth-order valence-corrected chi connectivity index (χ4v) is 2.15. The summed E-state index contributed by atoms with van der Waals surface area (Å²) >= 11 is 0. The zero-order valence-electron chi connectivity index (χ0n) is 12.3. The van der Waals surface area contributed by atoms with E-state index in [1.807, 2.05) is 12.1 Å². The third-order valence-electron chi connectivity index (χ3n) is 3.21. The molecule has 0 radical (unpaired) electrons. The van der Waals surface area contributed by atoms with Crippen molar-refractivity contribution in [2.24, 2.45) is 16.8 Å². The van der Waals surface area contributed by atoms with Crippen LogP contribution in [0.4, 0.5) is 0 Å². The molecule has 0 unspecified atom stereocenters. The Labute approximate surface area is 115 Å². The zero-order valence-corrected chi connectivity index (χ0v) is 12.3. The monoisotopic (exact) mass is 263 g/mol. The summed E-state index contributed by atoms with van der Waals surface area (Å²) in [5, 5.41) is 11.7. The van der Waals surface area contributed by atoms with Crippen molar-refractivity contribution in [2.45, 2.75) is 34.2 Å². The van der Waals surface area contributed by atoms with E-state index in [0.717, 1.165) is 25.2 Å². The molecule has 1 aromatic carbocycles. The summed E-state index contributed by atoms with van der Waals surface area (Å²) in [7, 11) is 0. The molecule has 106 valence electrons. The van der Waals surface area contributed by atoms with Crippen LogP contribution in [0.5, 0.6) is 0 Å². The van der Waals surface area contributed by atoms with Gasteiger partial charge in [0, 0.05) is 18.7 Å². The van der Waals surface area contributed by atoms with E-state index in [1.165, 1.54) is 11.1 Å². The Morgan fingerprint density at radius 2 is 2.11 bits per heavy atom. The van der Waals surface area contributed by atoms with Crippen molar-refractivity contribution < 1.29 is 5.21 Å². The van der Waals surface area contributed by atoms with Crippen LogP contribution in [0.25, 0.3) is 0 Å². The first kappa shape index (κ1) is 15.5. The van der Waals surface area contributed by atoms with Crippen LogP contribution in [0.2, 0.25) is 0 Å². The molecule has 0 heterocycles. The van der Waals surface area contributed by atoms with Crippen molar-refractivity contribution in [3.8, 4) is 0 Å². The third-order valence-corrected chi connectivity index (χ3v) is 3.21. The van der Waals surface area contributed by atoms with E-state index in [9.17, 15) is 0 Å². The lowest BCUT2D eigenvalue weighted by Gasteiger charge is -2.23. The van der Waals surface area contributed by atoms with Gasteiger partial charge in [0.15, 0.2) is 5.84 Å². The molecule has 0 fully saturated rings. The van der Waals surface area contributed by atoms with Crippen molar-refractivity contribution >= 4 is 5.84 Å². The molecular weight excluding hydrogens is 238 g/mol. The summed E-state index contributed by atoms with van der Waals surface area (Å²) in [5.41, 5.74) is 8.82. The Hall–Kier alpha value is -1.55. The molecule has 1 aromatic rings. The summed E-state index contributed by atoms with van der Waals surface area (Å²) in [6, 6.07) is 5.93. The maximum Gasteiger partial charge on any atom is 0.170 e. The van der Waals surface area contributed by atoms with E-state index in [4.69, 9.17) is 10.9 Å². The Bertz CT molecular complexity index is 441. The van der Waals surface area contributed by atoms with Gasteiger partial charge in [0.2, 0.25) is 0 Å². The van der Waals surface area contributed by atoms with Gasteiger partial charge < -0.3 is 10.9 Å². The van der Waals surface area contributed by atoms with Crippen LogP contribution in [0.15, 0.2) is 23.4 Å². The molecule has 0 bridgehead atoms. The van der Waals surface area contributed by atoms with Gasteiger partial charge in [0.25, 0.3) is 0 Å². The molecule has 0 aliphatic carbocycles. The van der Waals surface area contributed by atoms with Crippen molar-refractivity contribution in [3.05, 3.63) is 34.9 Å². The normalized spacial score (nSPS) is 12.4. The number of hydrogen-bond donors (Lipinski definition) is 2. The Balaban J connectivity index is 2.84. The fraction of sp³-hybridized carbons (Fsp3) is 0.533. The molecule has 0 aromatic heterocycles. The first-order valence-corrected chi connectivity index (χ1v) is 6.77. The molecule has 3 N–H and O–H groups in total. The largest absolute Gasteiger partial charge is 0.409 e. The van der Waals surface area contributed by atoms with Crippen molar-refractivity contribution in [2.75, 3.05) is 13.1 Å². The average molecular weight is 263 g/mol. The highest BCUT2D eigenvalue weighted by atomic mass is 16.4. The smallest absolute Gasteiger partial charge is 0.170 e. The van der Waals surface area contributed by atoms with Gasteiger partial charge in [-0.25, -0.2) is 0 Å². The number of amidine groups is 1. The summed E-state index contributed by atoms with van der Waals surface area (Å²) in [4.78, 5) is 2.43. The zero-order chi connectivity index (χ0) is 14.4. The van der Waals surface area contributed by atoms with E-state index >= 15 is 0 Å². The van der Waals surface area contributed by atoms with Gasteiger partial charge in [-0.1, -0.05) is 38.1 Å². The number of rotatable bonds is 6. The topological polar surface area (TPSA) is 61.8 Å². The van der Waals surface area contributed by atoms with E-state index in [0.29, 0.717) is 5.92 Å². The SMILES string of the molecule is CCN(Cc1ccc(/C(N)=N/O)cc1C)CC(C)C. The van der Waals surface area contributed by atoms with Crippen LogP contribution in [-0.2, 0) is 6.54 Å². The van der Waals surface area contributed by atoms with Gasteiger partial charge in [0.05, 0.1) is 0 Å². The molecule has 0 amide bonds. The number of nitrogens with two attached hydrogens (primary N) is 1. The molecule has 19 heavy (non-hydrogen) atoms. The van der Waals surface area contributed by atoms with E-state index in [1.54, 1.807) is 0 Å². The van der Waals surface area contributed by atoms with Gasteiger partial charge in [-0.2, -0.15) is 0 Å². The Morgan fingerprint density at radius 1 is 1.42 bits per heavy atom. The molecule has 1 rings (SSSR count). The van der Waals surface area contributed by atoms with Crippen LogP contribution in [0.3, 0.4) is 0 Å². The van der Waals surface area contributed by atoms with Crippen LogP contribution in [-0.4, -0.2) is 29.0 Å². The number of hydrogen-bond acceptors (Lipinski definition) is 3. The summed E-state index contributed by atoms with van der Waals surface area (Å²) < 4.78 is 0. The van der Waals surface area contributed by atoms with Crippen molar-refractivity contribution in [3.63, 3.8) is 0 Å². The number of oxime groups is 1. The quantitative estimate of drug-likeness (QED) is 0.359. The molecule has 4 nitrogen and oxygen atoms in total. The molecule has 4 heteroatoms. The van der Waals surface area contributed by atoms with Gasteiger partial charge in [-0.15, -0.1) is 0 Å². The fourth-order valence-electron chi connectivity index (χ4n) is 2.15. The Kier molecular flexibility index (Phi) is 5.83. The molecule has 0 saturated carbocycles. The average Bonchev–Trinajstić information content (AvgIpc) is 2.38.